The molecule has 0 saturated carbocycles. The van der Waals surface area contributed by atoms with E-state index in [0.717, 1.165) is 17.0 Å². The molecule has 6 heteroatoms. The molecule has 0 spiro atoms. The molecule has 1 amide bonds. The van der Waals surface area contributed by atoms with Crippen LogP contribution in [0.4, 0.5) is 4.39 Å². The molecule has 2 rings (SSSR count). The molecule has 0 aliphatic rings. The van der Waals surface area contributed by atoms with E-state index in [1.807, 2.05) is 27.7 Å². The minimum Gasteiger partial charge on any atom is -0.491 e. The molecule has 2 atom stereocenters. The summed E-state index contributed by atoms with van der Waals surface area (Å²) in [6, 6.07) is 5.63. The molecule has 1 aromatic carbocycles. The van der Waals surface area contributed by atoms with Crippen molar-refractivity contribution >= 4 is 5.91 Å². The molecule has 0 aliphatic carbocycles. The summed E-state index contributed by atoms with van der Waals surface area (Å²) in [4.78, 5) is 12.4. The van der Waals surface area contributed by atoms with Crippen LogP contribution in [0.25, 0.3) is 0 Å². The normalized spacial score (nSPS) is 13.4. The maximum Gasteiger partial charge on any atom is 0.227 e. The van der Waals surface area contributed by atoms with Gasteiger partial charge in [0.1, 0.15) is 18.2 Å². The number of nitrogens with one attached hydrogen (secondary N) is 2. The lowest BCUT2D eigenvalue weighted by molar-refractivity contribution is -0.123. The predicted octanol–water partition coefficient (Wildman–Crippen LogP) is 2.85. The highest BCUT2D eigenvalue weighted by molar-refractivity contribution is 5.84. The smallest absolute Gasteiger partial charge is 0.227 e. The number of H-pyrrole nitrogens is 1. The van der Waals surface area contributed by atoms with Crippen LogP contribution >= 0.6 is 0 Å². The first-order chi connectivity index (χ1) is 10.9. The largest absolute Gasteiger partial charge is 0.491 e. The average Bonchev–Trinajstić information content (AvgIpc) is 2.85. The van der Waals surface area contributed by atoms with Gasteiger partial charge in [-0.05, 0) is 52.0 Å². The molecule has 5 nitrogen and oxygen atoms in total. The number of benzene rings is 1. The fraction of sp³-hybridized carbons (Fsp3) is 0.412. The van der Waals surface area contributed by atoms with Gasteiger partial charge in [0.25, 0.3) is 0 Å². The molecule has 1 heterocycles. The molecule has 0 radical (unpaired) electrons. The summed E-state index contributed by atoms with van der Waals surface area (Å²) in [7, 11) is 0. The fourth-order valence-electron chi connectivity index (χ4n) is 2.49. The lowest BCUT2D eigenvalue weighted by Gasteiger charge is -2.18. The van der Waals surface area contributed by atoms with Crippen molar-refractivity contribution in [3.05, 3.63) is 47.0 Å². The summed E-state index contributed by atoms with van der Waals surface area (Å²) >= 11 is 0. The Morgan fingerprint density at radius 2 is 1.96 bits per heavy atom. The Labute approximate surface area is 135 Å². The maximum absolute atomic E-state index is 12.8. The Morgan fingerprint density at radius 3 is 2.52 bits per heavy atom. The van der Waals surface area contributed by atoms with Gasteiger partial charge in [-0.25, -0.2) is 4.39 Å². The highest BCUT2D eigenvalue weighted by Gasteiger charge is 2.22. The molecule has 124 valence electrons. The predicted molar refractivity (Wildman–Crippen MR) is 86.0 cm³/mol. The summed E-state index contributed by atoms with van der Waals surface area (Å²) < 4.78 is 18.4. The van der Waals surface area contributed by atoms with E-state index in [2.05, 4.69) is 15.5 Å². The van der Waals surface area contributed by atoms with Gasteiger partial charge in [0.15, 0.2) is 0 Å². The summed E-state index contributed by atoms with van der Waals surface area (Å²) in [5, 5.41) is 9.94. The van der Waals surface area contributed by atoms with Crippen molar-refractivity contribution in [1.82, 2.24) is 15.5 Å². The Hall–Kier alpha value is -2.37. The third kappa shape index (κ3) is 4.31. The van der Waals surface area contributed by atoms with Crippen LogP contribution in [-0.2, 0) is 4.79 Å². The Bertz CT molecular complexity index is 647. The third-order valence-electron chi connectivity index (χ3n) is 3.71. The minimum absolute atomic E-state index is 0.0761. The van der Waals surface area contributed by atoms with Crippen molar-refractivity contribution in [3.8, 4) is 5.75 Å². The highest BCUT2D eigenvalue weighted by Crippen LogP contribution is 2.21. The van der Waals surface area contributed by atoms with Gasteiger partial charge in [-0.1, -0.05) is 0 Å². The Kier molecular flexibility index (Phi) is 5.36. The molecular formula is C17H22FN3O2. The minimum atomic E-state index is -0.307. The molecule has 1 aromatic heterocycles. The molecule has 2 aromatic rings. The summed E-state index contributed by atoms with van der Waals surface area (Å²) in [6.45, 7) is 7.81. The first-order valence-corrected chi connectivity index (χ1v) is 7.58. The Morgan fingerprint density at radius 1 is 1.30 bits per heavy atom. The number of aromatic nitrogens is 2. The molecule has 0 saturated heterocycles. The third-order valence-corrected chi connectivity index (χ3v) is 3.71. The van der Waals surface area contributed by atoms with Gasteiger partial charge < -0.3 is 10.1 Å². The average molecular weight is 319 g/mol. The summed E-state index contributed by atoms with van der Waals surface area (Å²) in [5.74, 6) is -0.102. The Balaban J connectivity index is 1.88. The van der Waals surface area contributed by atoms with E-state index in [9.17, 15) is 9.18 Å². The van der Waals surface area contributed by atoms with E-state index in [-0.39, 0.29) is 23.7 Å². The zero-order chi connectivity index (χ0) is 17.0. The van der Waals surface area contributed by atoms with Gasteiger partial charge in [-0.2, -0.15) is 5.10 Å². The lowest BCUT2D eigenvalue weighted by atomic mass is 9.98. The second kappa shape index (κ2) is 7.26. The van der Waals surface area contributed by atoms with Gasteiger partial charge in [0, 0.05) is 11.3 Å². The zero-order valence-electron chi connectivity index (χ0n) is 13.8. The van der Waals surface area contributed by atoms with Crippen LogP contribution < -0.4 is 10.1 Å². The van der Waals surface area contributed by atoms with E-state index in [1.165, 1.54) is 12.1 Å². The lowest BCUT2D eigenvalue weighted by Crippen LogP contribution is -2.39. The first kappa shape index (κ1) is 17.0. The monoisotopic (exact) mass is 319 g/mol. The molecule has 0 aliphatic heterocycles. The number of carbonyl (C=O) groups is 1. The first-order valence-electron chi connectivity index (χ1n) is 7.58. The van der Waals surface area contributed by atoms with Crippen molar-refractivity contribution in [1.29, 1.82) is 0 Å². The van der Waals surface area contributed by atoms with Crippen molar-refractivity contribution in [3.63, 3.8) is 0 Å². The number of nitrogens with zero attached hydrogens (tertiary/aromatic N) is 1. The van der Waals surface area contributed by atoms with Crippen molar-refractivity contribution in [2.75, 3.05) is 6.61 Å². The van der Waals surface area contributed by atoms with Crippen LogP contribution in [0.5, 0.6) is 5.75 Å². The molecule has 0 unspecified atom stereocenters. The molecule has 0 bridgehead atoms. The molecule has 0 fully saturated rings. The van der Waals surface area contributed by atoms with Gasteiger partial charge >= 0.3 is 0 Å². The summed E-state index contributed by atoms with van der Waals surface area (Å²) in [6.07, 6.45) is 0. The second-order valence-corrected chi connectivity index (χ2v) is 5.74. The number of rotatable bonds is 6. The fourth-order valence-corrected chi connectivity index (χ4v) is 2.49. The van der Waals surface area contributed by atoms with E-state index in [0.29, 0.717) is 12.4 Å². The van der Waals surface area contributed by atoms with E-state index < -0.39 is 0 Å². The van der Waals surface area contributed by atoms with Crippen molar-refractivity contribution in [2.45, 2.75) is 39.7 Å². The molecule has 2 N–H and O–H groups in total. The number of hydrogen-bond donors (Lipinski definition) is 2. The topological polar surface area (TPSA) is 67.0 Å². The van der Waals surface area contributed by atoms with Crippen LogP contribution in [-0.4, -0.2) is 28.8 Å². The molecule has 23 heavy (non-hydrogen) atoms. The maximum atomic E-state index is 12.8. The van der Waals surface area contributed by atoms with Crippen LogP contribution in [0.1, 0.15) is 36.7 Å². The number of carbonyl (C=O) groups excluding carboxylic acids is 1. The van der Waals surface area contributed by atoms with Crippen LogP contribution in [0.15, 0.2) is 24.3 Å². The van der Waals surface area contributed by atoms with Crippen LogP contribution in [0.3, 0.4) is 0 Å². The zero-order valence-corrected chi connectivity index (χ0v) is 13.8. The number of ether oxygens (including phenoxy) is 1. The van der Waals surface area contributed by atoms with E-state index in [4.69, 9.17) is 4.74 Å². The van der Waals surface area contributed by atoms with Crippen LogP contribution in [0.2, 0.25) is 0 Å². The number of halogens is 1. The van der Waals surface area contributed by atoms with Crippen molar-refractivity contribution in [2.24, 2.45) is 0 Å². The van der Waals surface area contributed by atoms with Gasteiger partial charge in [0.05, 0.1) is 17.7 Å². The number of aryl methyl sites for hydroxylation is 2. The number of hydrogen-bond acceptors (Lipinski definition) is 3. The van der Waals surface area contributed by atoms with Crippen molar-refractivity contribution < 1.29 is 13.9 Å². The van der Waals surface area contributed by atoms with E-state index in [1.54, 1.807) is 12.1 Å². The highest BCUT2D eigenvalue weighted by atomic mass is 19.1. The number of amides is 1. The van der Waals surface area contributed by atoms with Gasteiger partial charge in [0.2, 0.25) is 5.91 Å². The van der Waals surface area contributed by atoms with Gasteiger partial charge in [-0.15, -0.1) is 0 Å². The van der Waals surface area contributed by atoms with E-state index >= 15 is 0 Å². The summed E-state index contributed by atoms with van der Waals surface area (Å²) in [5.41, 5.74) is 2.66. The SMILES string of the molecule is Cc1n[nH]c(C)c1[C@@H](C)C(=O)N[C@@H](C)COc1ccc(F)cc1. The number of aromatic amines is 1. The molecular weight excluding hydrogens is 297 g/mol. The quantitative estimate of drug-likeness (QED) is 0.860. The second-order valence-electron chi connectivity index (χ2n) is 5.74. The van der Waals surface area contributed by atoms with Crippen LogP contribution in [0, 0.1) is 19.7 Å². The van der Waals surface area contributed by atoms with Gasteiger partial charge in [-0.3, -0.25) is 9.89 Å². The standard InChI is InChI=1S/C17H22FN3O2/c1-10(9-23-15-7-5-14(18)6-8-15)19-17(22)11(2)16-12(3)20-21-13(16)4/h5-8,10-11H,9H2,1-4H3,(H,19,22)(H,20,21)/t10-,11+/m0/s1.